The molecular formula is C23H23N3O2S. The van der Waals surface area contributed by atoms with Crippen LogP contribution in [-0.4, -0.2) is 23.3 Å². The molecule has 1 aromatic heterocycles. The lowest BCUT2D eigenvalue weighted by Gasteiger charge is -2.21. The minimum atomic E-state index is -0.222. The van der Waals surface area contributed by atoms with E-state index in [2.05, 4.69) is 10.3 Å². The quantitative estimate of drug-likeness (QED) is 0.580. The van der Waals surface area contributed by atoms with Gasteiger partial charge in [0.15, 0.2) is 0 Å². The molecule has 2 amide bonds. The van der Waals surface area contributed by atoms with Crippen molar-refractivity contribution in [3.05, 3.63) is 82.3 Å². The predicted molar refractivity (Wildman–Crippen MR) is 119 cm³/mol. The average Bonchev–Trinajstić information content (AvgIpc) is 3.14. The summed E-state index contributed by atoms with van der Waals surface area (Å²) in [5.74, 6) is -0.183. The molecule has 0 radical (unpaired) electrons. The van der Waals surface area contributed by atoms with Crippen molar-refractivity contribution in [1.82, 2.24) is 4.98 Å². The molecule has 0 aliphatic rings. The first-order valence-electron chi connectivity index (χ1n) is 9.40. The second-order valence-corrected chi connectivity index (χ2v) is 7.52. The van der Waals surface area contributed by atoms with Crippen molar-refractivity contribution in [2.75, 3.05) is 16.8 Å². The van der Waals surface area contributed by atoms with E-state index in [-0.39, 0.29) is 11.8 Å². The Hall–Kier alpha value is -3.25. The van der Waals surface area contributed by atoms with Gasteiger partial charge in [-0.15, -0.1) is 11.3 Å². The van der Waals surface area contributed by atoms with Gasteiger partial charge in [-0.2, -0.15) is 0 Å². The molecule has 0 aliphatic carbocycles. The third-order valence-corrected chi connectivity index (χ3v) is 5.10. The fourth-order valence-electron chi connectivity index (χ4n) is 2.89. The van der Waals surface area contributed by atoms with Gasteiger partial charge in [-0.05, 0) is 49.8 Å². The smallest absolute Gasteiger partial charge is 0.248 e. The third-order valence-electron chi connectivity index (χ3n) is 4.30. The van der Waals surface area contributed by atoms with Gasteiger partial charge in [-0.3, -0.25) is 9.59 Å². The highest BCUT2D eigenvalue weighted by Gasteiger charge is 2.14. The summed E-state index contributed by atoms with van der Waals surface area (Å²) in [5, 5.41) is 5.68. The van der Waals surface area contributed by atoms with Crippen LogP contribution in [0.1, 0.15) is 23.2 Å². The first-order valence-corrected chi connectivity index (χ1v) is 10.3. The summed E-state index contributed by atoms with van der Waals surface area (Å²) in [6.07, 6.45) is 3.46. The zero-order valence-electron chi connectivity index (χ0n) is 16.5. The number of para-hydroxylation sites is 1. The fraction of sp³-hybridized carbons (Fsp3) is 0.174. The van der Waals surface area contributed by atoms with Crippen molar-refractivity contribution in [2.24, 2.45) is 0 Å². The lowest BCUT2D eigenvalue weighted by atomic mass is 10.1. The van der Waals surface area contributed by atoms with Crippen LogP contribution in [0, 0.1) is 6.92 Å². The van der Waals surface area contributed by atoms with Gasteiger partial charge in [-0.25, -0.2) is 4.98 Å². The SMILES string of the molecule is CCN(C(=O)Cc1ccc(NC(=O)/C=C/c2csc(C)n2)cc1)c1ccccc1. The number of thiazole rings is 1. The highest BCUT2D eigenvalue weighted by molar-refractivity contribution is 7.09. The van der Waals surface area contributed by atoms with Gasteiger partial charge in [-0.1, -0.05) is 30.3 Å². The van der Waals surface area contributed by atoms with E-state index in [0.29, 0.717) is 18.7 Å². The second-order valence-electron chi connectivity index (χ2n) is 6.46. The minimum absolute atomic E-state index is 0.0389. The standard InChI is InChI=1S/C23H23N3O2S/c1-3-26(21-7-5-4-6-8-21)23(28)15-18-9-11-19(12-10-18)25-22(27)14-13-20-16-29-17(2)24-20/h4-14,16H,3,15H2,1-2H3,(H,25,27)/b14-13+. The van der Waals surface area contributed by atoms with Crippen LogP contribution in [0.2, 0.25) is 0 Å². The van der Waals surface area contributed by atoms with Crippen molar-refractivity contribution in [2.45, 2.75) is 20.3 Å². The molecule has 0 saturated heterocycles. The monoisotopic (exact) mass is 405 g/mol. The van der Waals surface area contributed by atoms with Gasteiger partial charge in [0.2, 0.25) is 11.8 Å². The number of rotatable bonds is 7. The summed E-state index contributed by atoms with van der Waals surface area (Å²) in [7, 11) is 0. The van der Waals surface area contributed by atoms with E-state index < -0.39 is 0 Å². The molecule has 29 heavy (non-hydrogen) atoms. The van der Waals surface area contributed by atoms with E-state index in [9.17, 15) is 9.59 Å². The van der Waals surface area contributed by atoms with Crippen LogP contribution in [-0.2, 0) is 16.0 Å². The topological polar surface area (TPSA) is 62.3 Å². The van der Waals surface area contributed by atoms with Crippen molar-refractivity contribution in [3.8, 4) is 0 Å². The molecule has 1 heterocycles. The number of anilines is 2. The number of aryl methyl sites for hydroxylation is 1. The van der Waals surface area contributed by atoms with Gasteiger partial charge in [0.1, 0.15) is 0 Å². The number of likely N-dealkylation sites (N-methyl/N-ethyl adjacent to an activating group) is 1. The third kappa shape index (κ3) is 5.86. The summed E-state index contributed by atoms with van der Waals surface area (Å²) in [5.41, 5.74) is 3.25. The van der Waals surface area contributed by atoms with Gasteiger partial charge < -0.3 is 10.2 Å². The largest absolute Gasteiger partial charge is 0.323 e. The zero-order chi connectivity index (χ0) is 20.6. The Morgan fingerprint density at radius 1 is 1.10 bits per heavy atom. The highest BCUT2D eigenvalue weighted by Crippen LogP contribution is 2.16. The summed E-state index contributed by atoms with van der Waals surface area (Å²) in [4.78, 5) is 30.8. The molecule has 148 valence electrons. The number of nitrogens with one attached hydrogen (secondary N) is 1. The fourth-order valence-corrected chi connectivity index (χ4v) is 3.47. The molecule has 0 atom stereocenters. The summed E-state index contributed by atoms with van der Waals surface area (Å²) < 4.78 is 0. The molecule has 1 N–H and O–H groups in total. The Kier molecular flexibility index (Phi) is 6.92. The molecule has 0 aliphatic heterocycles. The number of benzene rings is 2. The van der Waals surface area contributed by atoms with E-state index in [4.69, 9.17) is 0 Å². The number of hydrogen-bond donors (Lipinski definition) is 1. The molecule has 5 nitrogen and oxygen atoms in total. The number of amides is 2. The van der Waals surface area contributed by atoms with E-state index in [0.717, 1.165) is 22.0 Å². The van der Waals surface area contributed by atoms with Crippen molar-refractivity contribution < 1.29 is 9.59 Å². The maximum absolute atomic E-state index is 12.7. The molecule has 0 fully saturated rings. The van der Waals surface area contributed by atoms with Gasteiger partial charge >= 0.3 is 0 Å². The van der Waals surface area contributed by atoms with E-state index in [1.807, 2.05) is 61.7 Å². The highest BCUT2D eigenvalue weighted by atomic mass is 32.1. The van der Waals surface area contributed by atoms with Gasteiger partial charge in [0.25, 0.3) is 0 Å². The number of carbonyl (C=O) groups excluding carboxylic acids is 2. The number of hydrogen-bond acceptors (Lipinski definition) is 4. The lowest BCUT2D eigenvalue weighted by molar-refractivity contribution is -0.118. The molecule has 2 aromatic carbocycles. The van der Waals surface area contributed by atoms with Crippen LogP contribution >= 0.6 is 11.3 Å². The predicted octanol–water partition coefficient (Wildman–Crippen LogP) is 4.70. The molecule has 6 heteroatoms. The van der Waals surface area contributed by atoms with Crippen LogP contribution in [0.15, 0.2) is 66.1 Å². The van der Waals surface area contributed by atoms with Crippen molar-refractivity contribution in [3.63, 3.8) is 0 Å². The molecule has 0 spiro atoms. The second kappa shape index (κ2) is 9.80. The van der Waals surface area contributed by atoms with Crippen LogP contribution in [0.5, 0.6) is 0 Å². The van der Waals surface area contributed by atoms with E-state index in [1.165, 1.54) is 6.08 Å². The Bertz CT molecular complexity index is 994. The molecule has 0 unspecified atom stereocenters. The summed E-state index contributed by atoms with van der Waals surface area (Å²) >= 11 is 1.54. The first kappa shape index (κ1) is 20.5. The maximum atomic E-state index is 12.7. The normalized spacial score (nSPS) is 10.8. The molecule has 3 rings (SSSR count). The Balaban J connectivity index is 1.57. The molecule has 3 aromatic rings. The Labute approximate surface area is 174 Å². The van der Waals surface area contributed by atoms with E-state index >= 15 is 0 Å². The molecular weight excluding hydrogens is 382 g/mol. The van der Waals surface area contributed by atoms with Crippen LogP contribution in [0.25, 0.3) is 6.08 Å². The Morgan fingerprint density at radius 3 is 2.45 bits per heavy atom. The van der Waals surface area contributed by atoms with Crippen LogP contribution in [0.3, 0.4) is 0 Å². The number of carbonyl (C=O) groups is 2. The lowest BCUT2D eigenvalue weighted by Crippen LogP contribution is -2.31. The van der Waals surface area contributed by atoms with Crippen molar-refractivity contribution in [1.29, 1.82) is 0 Å². The Morgan fingerprint density at radius 2 is 1.83 bits per heavy atom. The van der Waals surface area contributed by atoms with Crippen LogP contribution < -0.4 is 10.2 Å². The maximum Gasteiger partial charge on any atom is 0.248 e. The molecule has 0 saturated carbocycles. The van der Waals surface area contributed by atoms with Gasteiger partial charge in [0.05, 0.1) is 17.1 Å². The number of aromatic nitrogens is 1. The summed E-state index contributed by atoms with van der Waals surface area (Å²) in [6, 6.07) is 17.0. The minimum Gasteiger partial charge on any atom is -0.323 e. The number of nitrogens with zero attached hydrogens (tertiary/aromatic N) is 2. The average molecular weight is 406 g/mol. The van der Waals surface area contributed by atoms with Gasteiger partial charge in [0, 0.05) is 29.4 Å². The summed E-state index contributed by atoms with van der Waals surface area (Å²) in [6.45, 7) is 4.50. The zero-order valence-corrected chi connectivity index (χ0v) is 17.3. The molecule has 0 bridgehead atoms. The van der Waals surface area contributed by atoms with E-state index in [1.54, 1.807) is 34.4 Å². The first-order chi connectivity index (χ1) is 14.0. The van der Waals surface area contributed by atoms with Crippen molar-refractivity contribution >= 4 is 40.6 Å². The van der Waals surface area contributed by atoms with Crippen LogP contribution in [0.4, 0.5) is 11.4 Å².